The molecule has 0 saturated heterocycles. The standard InChI is InChI=1S/C23H24BrCl2N5O2S/c1-12(2)20(28-22(33)16-7-5-14(25)10-18(16)26)21-29-30-23(31(21)4)34-11-19(32)27-15-6-8-17(24)13(3)9-15/h5-10,12,20H,11H2,1-4H3,(H,27,32)(H,28,33)/t20-/m0/s1. The predicted molar refractivity (Wildman–Crippen MR) is 141 cm³/mol. The molecule has 0 aliphatic carbocycles. The van der Waals surface area contributed by atoms with Crippen molar-refractivity contribution in [2.75, 3.05) is 11.1 Å². The zero-order valence-corrected chi connectivity index (χ0v) is 22.9. The summed E-state index contributed by atoms with van der Waals surface area (Å²) in [4.78, 5) is 25.3. The third kappa shape index (κ3) is 6.53. The van der Waals surface area contributed by atoms with Crippen molar-refractivity contribution in [3.05, 3.63) is 67.9 Å². The molecule has 0 radical (unpaired) electrons. The second-order valence-corrected chi connectivity index (χ2v) is 10.7. The Labute approximate surface area is 221 Å². The largest absolute Gasteiger partial charge is 0.342 e. The number of hydrogen-bond acceptors (Lipinski definition) is 5. The average Bonchev–Trinajstić information content (AvgIpc) is 3.12. The molecule has 2 aromatic carbocycles. The lowest BCUT2D eigenvalue weighted by molar-refractivity contribution is -0.113. The van der Waals surface area contributed by atoms with Crippen LogP contribution in [0.3, 0.4) is 0 Å². The number of hydrogen-bond donors (Lipinski definition) is 2. The molecule has 3 rings (SSSR count). The summed E-state index contributed by atoms with van der Waals surface area (Å²) in [6.07, 6.45) is 0. The van der Waals surface area contributed by atoms with Crippen molar-refractivity contribution in [1.82, 2.24) is 20.1 Å². The zero-order chi connectivity index (χ0) is 25.0. The molecule has 11 heteroatoms. The number of thioether (sulfide) groups is 1. The van der Waals surface area contributed by atoms with E-state index < -0.39 is 6.04 Å². The number of rotatable bonds is 8. The van der Waals surface area contributed by atoms with E-state index >= 15 is 0 Å². The molecule has 0 aliphatic heterocycles. The molecule has 180 valence electrons. The highest BCUT2D eigenvalue weighted by molar-refractivity contribution is 9.10. The normalized spacial score (nSPS) is 12.0. The molecular weight excluding hydrogens is 561 g/mol. The van der Waals surface area contributed by atoms with E-state index in [4.69, 9.17) is 23.2 Å². The minimum Gasteiger partial charge on any atom is -0.342 e. The highest BCUT2D eigenvalue weighted by Crippen LogP contribution is 2.27. The number of aromatic nitrogens is 3. The second-order valence-electron chi connectivity index (χ2n) is 8.02. The minimum absolute atomic E-state index is 0.0275. The predicted octanol–water partition coefficient (Wildman–Crippen LogP) is 6.05. The summed E-state index contributed by atoms with van der Waals surface area (Å²) in [5.74, 6) is 0.295. The van der Waals surface area contributed by atoms with Crippen molar-refractivity contribution in [2.45, 2.75) is 32.0 Å². The van der Waals surface area contributed by atoms with Crippen LogP contribution in [0.5, 0.6) is 0 Å². The van der Waals surface area contributed by atoms with E-state index in [1.165, 1.54) is 17.8 Å². The van der Waals surface area contributed by atoms with Gasteiger partial charge in [-0.25, -0.2) is 0 Å². The van der Waals surface area contributed by atoms with E-state index in [9.17, 15) is 9.59 Å². The third-order valence-electron chi connectivity index (χ3n) is 5.05. The first-order valence-corrected chi connectivity index (χ1v) is 12.9. The average molecular weight is 585 g/mol. The zero-order valence-electron chi connectivity index (χ0n) is 19.0. The van der Waals surface area contributed by atoms with Crippen LogP contribution in [-0.4, -0.2) is 32.3 Å². The van der Waals surface area contributed by atoms with Crippen LogP contribution in [0, 0.1) is 12.8 Å². The van der Waals surface area contributed by atoms with Gasteiger partial charge in [-0.15, -0.1) is 10.2 Å². The van der Waals surface area contributed by atoms with Gasteiger partial charge < -0.3 is 15.2 Å². The lowest BCUT2D eigenvalue weighted by atomic mass is 10.0. The molecule has 1 heterocycles. The summed E-state index contributed by atoms with van der Waals surface area (Å²) in [6.45, 7) is 5.91. The lowest BCUT2D eigenvalue weighted by Gasteiger charge is -2.22. The van der Waals surface area contributed by atoms with E-state index in [2.05, 4.69) is 36.8 Å². The Kier molecular flexibility index (Phi) is 9.03. The van der Waals surface area contributed by atoms with Crippen molar-refractivity contribution >= 4 is 68.4 Å². The summed E-state index contributed by atoms with van der Waals surface area (Å²) in [5, 5.41) is 15.7. The first-order valence-electron chi connectivity index (χ1n) is 10.4. The molecule has 7 nitrogen and oxygen atoms in total. The van der Waals surface area contributed by atoms with Crippen LogP contribution in [0.2, 0.25) is 10.0 Å². The molecule has 2 amide bonds. The summed E-state index contributed by atoms with van der Waals surface area (Å²) in [5.41, 5.74) is 2.09. The molecule has 0 aliphatic rings. The van der Waals surface area contributed by atoms with Crippen LogP contribution in [0.1, 0.15) is 41.6 Å². The van der Waals surface area contributed by atoms with E-state index in [0.717, 1.165) is 15.7 Å². The molecule has 1 atom stereocenters. The van der Waals surface area contributed by atoms with Crippen molar-refractivity contribution in [1.29, 1.82) is 0 Å². The Bertz CT molecular complexity index is 1220. The number of carbonyl (C=O) groups excluding carboxylic acids is 2. The topological polar surface area (TPSA) is 88.9 Å². The van der Waals surface area contributed by atoms with Crippen LogP contribution < -0.4 is 10.6 Å². The van der Waals surface area contributed by atoms with Gasteiger partial charge in [0.2, 0.25) is 5.91 Å². The molecule has 1 aromatic heterocycles. The van der Waals surface area contributed by atoms with Gasteiger partial charge in [0.05, 0.1) is 22.4 Å². The smallest absolute Gasteiger partial charge is 0.253 e. The van der Waals surface area contributed by atoms with Gasteiger partial charge in [0.25, 0.3) is 5.91 Å². The number of nitrogens with one attached hydrogen (secondary N) is 2. The fourth-order valence-corrected chi connectivity index (χ4v) is 4.65. The molecular formula is C23H24BrCl2N5O2S. The Balaban J connectivity index is 1.68. The molecule has 0 spiro atoms. The Morgan fingerprint density at radius 2 is 1.88 bits per heavy atom. The van der Waals surface area contributed by atoms with Gasteiger partial charge in [0.15, 0.2) is 11.0 Å². The maximum Gasteiger partial charge on any atom is 0.253 e. The quantitative estimate of drug-likeness (QED) is 0.315. The van der Waals surface area contributed by atoms with Gasteiger partial charge in [0, 0.05) is 22.2 Å². The molecule has 2 N–H and O–H groups in total. The second kappa shape index (κ2) is 11.6. The number of halogens is 3. The van der Waals surface area contributed by atoms with E-state index in [1.807, 2.05) is 46.0 Å². The molecule has 0 fully saturated rings. The first kappa shape index (κ1) is 26.5. The number of nitrogens with zero attached hydrogens (tertiary/aromatic N) is 3. The van der Waals surface area contributed by atoms with Crippen LogP contribution in [-0.2, 0) is 11.8 Å². The third-order valence-corrected chi connectivity index (χ3v) is 7.51. The maximum atomic E-state index is 12.9. The fourth-order valence-electron chi connectivity index (χ4n) is 3.19. The van der Waals surface area contributed by atoms with Gasteiger partial charge in [0.1, 0.15) is 0 Å². The van der Waals surface area contributed by atoms with Crippen molar-refractivity contribution in [3.8, 4) is 0 Å². The van der Waals surface area contributed by atoms with Crippen LogP contribution in [0.25, 0.3) is 0 Å². The number of anilines is 1. The first-order chi connectivity index (χ1) is 16.1. The number of amides is 2. The Morgan fingerprint density at radius 3 is 2.53 bits per heavy atom. The van der Waals surface area contributed by atoms with E-state index in [1.54, 1.807) is 16.7 Å². The summed E-state index contributed by atoms with van der Waals surface area (Å²) >= 11 is 16.9. The van der Waals surface area contributed by atoms with Gasteiger partial charge >= 0.3 is 0 Å². The van der Waals surface area contributed by atoms with Gasteiger partial charge in [-0.3, -0.25) is 9.59 Å². The SMILES string of the molecule is Cc1cc(NC(=O)CSc2nnc([C@@H](NC(=O)c3ccc(Cl)cc3Cl)C(C)C)n2C)ccc1Br. The van der Waals surface area contributed by atoms with Crippen molar-refractivity contribution in [3.63, 3.8) is 0 Å². The summed E-state index contributed by atoms with van der Waals surface area (Å²) in [6, 6.07) is 9.94. The van der Waals surface area contributed by atoms with Crippen LogP contribution in [0.15, 0.2) is 46.0 Å². The Hall–Kier alpha value is -2.07. The lowest BCUT2D eigenvalue weighted by Crippen LogP contribution is -2.33. The maximum absolute atomic E-state index is 12.9. The molecule has 0 unspecified atom stereocenters. The molecule has 34 heavy (non-hydrogen) atoms. The van der Waals surface area contributed by atoms with Crippen molar-refractivity contribution < 1.29 is 9.59 Å². The van der Waals surface area contributed by atoms with E-state index in [0.29, 0.717) is 21.6 Å². The number of aryl methyl sites for hydroxylation is 1. The summed E-state index contributed by atoms with van der Waals surface area (Å²) < 4.78 is 2.77. The molecule has 0 bridgehead atoms. The molecule has 0 saturated carbocycles. The van der Waals surface area contributed by atoms with Gasteiger partial charge in [-0.2, -0.15) is 0 Å². The van der Waals surface area contributed by atoms with Gasteiger partial charge in [-0.05, 0) is 54.8 Å². The minimum atomic E-state index is -0.411. The highest BCUT2D eigenvalue weighted by atomic mass is 79.9. The molecule has 3 aromatic rings. The Morgan fingerprint density at radius 1 is 1.15 bits per heavy atom. The monoisotopic (exact) mass is 583 g/mol. The van der Waals surface area contributed by atoms with Crippen molar-refractivity contribution in [2.24, 2.45) is 13.0 Å². The highest BCUT2D eigenvalue weighted by Gasteiger charge is 2.26. The van der Waals surface area contributed by atoms with Crippen LogP contribution in [0.4, 0.5) is 5.69 Å². The van der Waals surface area contributed by atoms with Crippen LogP contribution >= 0.6 is 50.9 Å². The number of benzene rings is 2. The number of carbonyl (C=O) groups is 2. The van der Waals surface area contributed by atoms with Gasteiger partial charge in [-0.1, -0.05) is 64.7 Å². The van der Waals surface area contributed by atoms with E-state index in [-0.39, 0.29) is 28.5 Å². The fraction of sp³-hybridized carbons (Fsp3) is 0.304. The summed E-state index contributed by atoms with van der Waals surface area (Å²) in [7, 11) is 1.81.